The second kappa shape index (κ2) is 28.6. The molecule has 0 aliphatic rings. The summed E-state index contributed by atoms with van der Waals surface area (Å²) in [6, 6.07) is 0. The van der Waals surface area contributed by atoms with Crippen LogP contribution in [0.1, 0.15) is 135 Å². The SMILES string of the molecule is CCCCCCCCCCCC(=O)O.OCCCCCCCCCCCCO. The Hall–Kier alpha value is -0.610. The Morgan fingerprint density at radius 1 is 0.500 bits per heavy atom. The van der Waals surface area contributed by atoms with Crippen molar-refractivity contribution >= 4 is 5.97 Å². The molecule has 0 amide bonds. The van der Waals surface area contributed by atoms with E-state index < -0.39 is 5.97 Å². The van der Waals surface area contributed by atoms with E-state index in [-0.39, 0.29) is 0 Å². The molecule has 0 bridgehead atoms. The fourth-order valence-electron chi connectivity index (χ4n) is 3.22. The number of aliphatic hydroxyl groups excluding tert-OH is 2. The van der Waals surface area contributed by atoms with E-state index in [0.717, 1.165) is 25.7 Å². The fraction of sp³-hybridized carbons (Fsp3) is 0.958. The summed E-state index contributed by atoms with van der Waals surface area (Å²) < 4.78 is 0. The quantitative estimate of drug-likeness (QED) is 0.183. The highest BCUT2D eigenvalue weighted by atomic mass is 16.4. The summed E-state index contributed by atoms with van der Waals surface area (Å²) in [5.41, 5.74) is 0. The van der Waals surface area contributed by atoms with Crippen molar-refractivity contribution in [1.82, 2.24) is 0 Å². The Labute approximate surface area is 175 Å². The van der Waals surface area contributed by atoms with Crippen LogP contribution in [-0.4, -0.2) is 34.5 Å². The Balaban J connectivity index is 0. The fourth-order valence-corrected chi connectivity index (χ4v) is 3.22. The lowest BCUT2D eigenvalue weighted by molar-refractivity contribution is -0.137. The third-order valence-electron chi connectivity index (χ3n) is 5.06. The molecule has 0 saturated heterocycles. The Morgan fingerprint density at radius 3 is 1.07 bits per heavy atom. The molecule has 0 rings (SSSR count). The van der Waals surface area contributed by atoms with E-state index in [1.165, 1.54) is 96.3 Å². The van der Waals surface area contributed by atoms with E-state index in [1.54, 1.807) is 0 Å². The van der Waals surface area contributed by atoms with E-state index in [1.807, 2.05) is 0 Å². The van der Waals surface area contributed by atoms with Crippen molar-refractivity contribution in [3.8, 4) is 0 Å². The number of hydrogen-bond donors (Lipinski definition) is 3. The Bertz CT molecular complexity index is 270. The van der Waals surface area contributed by atoms with Gasteiger partial charge in [-0.05, 0) is 19.3 Å². The highest BCUT2D eigenvalue weighted by Crippen LogP contribution is 2.11. The van der Waals surface area contributed by atoms with Crippen molar-refractivity contribution < 1.29 is 20.1 Å². The van der Waals surface area contributed by atoms with Crippen molar-refractivity contribution in [2.75, 3.05) is 13.2 Å². The molecule has 4 heteroatoms. The average Bonchev–Trinajstić information content (AvgIpc) is 2.68. The Morgan fingerprint density at radius 2 is 0.786 bits per heavy atom. The van der Waals surface area contributed by atoms with Crippen LogP contribution in [0.5, 0.6) is 0 Å². The molecule has 0 aliphatic carbocycles. The molecule has 0 fully saturated rings. The molecule has 4 nitrogen and oxygen atoms in total. The van der Waals surface area contributed by atoms with Gasteiger partial charge in [0, 0.05) is 19.6 Å². The summed E-state index contributed by atoms with van der Waals surface area (Å²) in [6.45, 7) is 2.92. The van der Waals surface area contributed by atoms with Gasteiger partial charge in [-0.1, -0.05) is 110 Å². The number of rotatable bonds is 21. The topological polar surface area (TPSA) is 77.8 Å². The van der Waals surface area contributed by atoms with Gasteiger partial charge < -0.3 is 15.3 Å². The molecule has 0 saturated carbocycles. The summed E-state index contributed by atoms with van der Waals surface area (Å²) in [7, 11) is 0. The largest absolute Gasteiger partial charge is 0.481 e. The van der Waals surface area contributed by atoms with Crippen LogP contribution in [0.4, 0.5) is 0 Å². The zero-order valence-corrected chi connectivity index (χ0v) is 18.8. The van der Waals surface area contributed by atoms with Crippen molar-refractivity contribution in [3.63, 3.8) is 0 Å². The maximum absolute atomic E-state index is 10.2. The van der Waals surface area contributed by atoms with Crippen LogP contribution >= 0.6 is 0 Å². The molecule has 3 N–H and O–H groups in total. The van der Waals surface area contributed by atoms with E-state index in [9.17, 15) is 4.79 Å². The molecule has 0 heterocycles. The Kier molecular flexibility index (Phi) is 30.2. The van der Waals surface area contributed by atoms with Gasteiger partial charge in [0.05, 0.1) is 0 Å². The van der Waals surface area contributed by atoms with Crippen molar-refractivity contribution in [3.05, 3.63) is 0 Å². The molecule has 0 radical (unpaired) electrons. The summed E-state index contributed by atoms with van der Waals surface area (Å²) >= 11 is 0. The van der Waals surface area contributed by atoms with E-state index in [2.05, 4.69) is 6.92 Å². The van der Waals surface area contributed by atoms with Crippen LogP contribution in [0.25, 0.3) is 0 Å². The summed E-state index contributed by atoms with van der Waals surface area (Å²) in [5, 5.41) is 25.6. The smallest absolute Gasteiger partial charge is 0.303 e. The van der Waals surface area contributed by atoms with Crippen LogP contribution in [-0.2, 0) is 4.79 Å². The highest BCUT2D eigenvalue weighted by molar-refractivity contribution is 5.66. The number of carboxylic acids is 1. The molecule has 0 spiro atoms. The molecule has 0 aromatic rings. The molecule has 0 unspecified atom stereocenters. The third-order valence-corrected chi connectivity index (χ3v) is 5.06. The summed E-state index contributed by atoms with van der Waals surface area (Å²) in [4.78, 5) is 10.2. The maximum atomic E-state index is 10.2. The average molecular weight is 403 g/mol. The minimum absolute atomic E-state index is 0.343. The lowest BCUT2D eigenvalue weighted by Gasteiger charge is -2.01. The number of aliphatic hydroxyl groups is 2. The third kappa shape index (κ3) is 33.0. The molecule has 0 aliphatic heterocycles. The second-order valence-electron chi connectivity index (χ2n) is 7.95. The van der Waals surface area contributed by atoms with E-state index in [0.29, 0.717) is 19.6 Å². The predicted octanol–water partition coefficient (Wildman–Crippen LogP) is 6.86. The number of aliphatic carboxylic acids is 1. The molecular formula is C24H50O4. The standard InChI is InChI=1S/C12H24O2.C12H26O2/c1-2-3-4-5-6-7-8-9-10-11-12(13)14;13-11-9-7-5-3-1-2-4-6-8-10-12-14/h2-11H2,1H3,(H,13,14);13-14H,1-12H2. The van der Waals surface area contributed by atoms with Gasteiger partial charge in [-0.2, -0.15) is 0 Å². The summed E-state index contributed by atoms with van der Waals surface area (Å²) in [6.07, 6.45) is 23.6. The number of carbonyl (C=O) groups is 1. The van der Waals surface area contributed by atoms with Crippen molar-refractivity contribution in [2.24, 2.45) is 0 Å². The van der Waals surface area contributed by atoms with E-state index >= 15 is 0 Å². The van der Waals surface area contributed by atoms with Gasteiger partial charge in [0.15, 0.2) is 0 Å². The monoisotopic (exact) mass is 402 g/mol. The summed E-state index contributed by atoms with van der Waals surface area (Å²) in [5.74, 6) is -0.659. The second-order valence-corrected chi connectivity index (χ2v) is 7.95. The number of carboxylic acid groups (broad SMARTS) is 1. The highest BCUT2D eigenvalue weighted by Gasteiger charge is 1.96. The van der Waals surface area contributed by atoms with Crippen LogP contribution in [0.2, 0.25) is 0 Å². The van der Waals surface area contributed by atoms with Gasteiger partial charge in [-0.3, -0.25) is 4.79 Å². The zero-order valence-electron chi connectivity index (χ0n) is 18.8. The van der Waals surface area contributed by atoms with Gasteiger partial charge in [-0.25, -0.2) is 0 Å². The molecule has 0 aromatic carbocycles. The zero-order chi connectivity index (χ0) is 21.1. The lowest BCUT2D eigenvalue weighted by Crippen LogP contribution is -1.93. The minimum Gasteiger partial charge on any atom is -0.481 e. The van der Waals surface area contributed by atoms with Crippen LogP contribution in [0, 0.1) is 0 Å². The first-order valence-electron chi connectivity index (χ1n) is 12.1. The lowest BCUT2D eigenvalue weighted by atomic mass is 10.1. The van der Waals surface area contributed by atoms with Crippen LogP contribution in [0.3, 0.4) is 0 Å². The van der Waals surface area contributed by atoms with Gasteiger partial charge in [0.25, 0.3) is 0 Å². The first-order chi connectivity index (χ1) is 13.7. The van der Waals surface area contributed by atoms with Gasteiger partial charge in [0.2, 0.25) is 0 Å². The van der Waals surface area contributed by atoms with Gasteiger partial charge in [-0.15, -0.1) is 0 Å². The van der Waals surface area contributed by atoms with Crippen molar-refractivity contribution in [1.29, 1.82) is 0 Å². The molecular weight excluding hydrogens is 352 g/mol. The van der Waals surface area contributed by atoms with Gasteiger partial charge in [0.1, 0.15) is 0 Å². The van der Waals surface area contributed by atoms with E-state index in [4.69, 9.17) is 15.3 Å². The number of hydrogen-bond acceptors (Lipinski definition) is 3. The first-order valence-corrected chi connectivity index (χ1v) is 12.1. The van der Waals surface area contributed by atoms with Gasteiger partial charge >= 0.3 is 5.97 Å². The number of unbranched alkanes of at least 4 members (excludes halogenated alkanes) is 17. The minimum atomic E-state index is -0.659. The molecule has 0 aromatic heterocycles. The molecule has 0 atom stereocenters. The van der Waals surface area contributed by atoms with Crippen molar-refractivity contribution in [2.45, 2.75) is 135 Å². The molecule has 170 valence electrons. The van der Waals surface area contributed by atoms with Crippen LogP contribution in [0.15, 0.2) is 0 Å². The van der Waals surface area contributed by atoms with Crippen LogP contribution < -0.4 is 0 Å². The normalized spacial score (nSPS) is 10.5. The maximum Gasteiger partial charge on any atom is 0.303 e. The predicted molar refractivity (Wildman–Crippen MR) is 120 cm³/mol. The molecule has 28 heavy (non-hydrogen) atoms. The first kappa shape index (κ1) is 29.6.